The first-order valence-electron chi connectivity index (χ1n) is 10.5. The van der Waals surface area contributed by atoms with E-state index >= 15 is 0 Å². The zero-order valence-corrected chi connectivity index (χ0v) is 18.4. The lowest BCUT2D eigenvalue weighted by atomic mass is 10.0. The number of para-hydroxylation sites is 1. The van der Waals surface area contributed by atoms with Gasteiger partial charge in [-0.1, -0.05) is 60.1 Å². The number of nitrogens with zero attached hydrogens (tertiary/aromatic N) is 1. The first-order chi connectivity index (χ1) is 15.6. The number of rotatable bonds is 6. The van der Waals surface area contributed by atoms with Crippen LogP contribution in [0.1, 0.15) is 16.7 Å². The quantitative estimate of drug-likeness (QED) is 0.291. The number of hydrogen-bond donors (Lipinski definition) is 0. The van der Waals surface area contributed by atoms with Crippen molar-refractivity contribution in [3.05, 3.63) is 111 Å². The minimum atomic E-state index is -0.353. The Hall–Kier alpha value is -3.50. The van der Waals surface area contributed by atoms with Gasteiger partial charge in [-0.15, -0.1) is 0 Å². The number of halogens is 1. The van der Waals surface area contributed by atoms with Crippen LogP contribution in [0, 0.1) is 0 Å². The van der Waals surface area contributed by atoms with Gasteiger partial charge in [0.25, 0.3) is 0 Å². The van der Waals surface area contributed by atoms with Crippen LogP contribution in [-0.2, 0) is 19.4 Å². The molecule has 5 aromatic rings. The fraction of sp³-hybridized carbons (Fsp3) is 0.148. The largest absolute Gasteiger partial charge is 0.496 e. The molecule has 0 N–H and O–H groups in total. The standard InChI is InChI=1S/C27H22ClNO3/c1-31-23-10-6-5-9-19(23)15-20-17-29(14-13-18-7-3-2-4-8-18)26-25(20)22-12-11-21(28)16-24(22)32-27(26)30/h2-12,16-17H,13-15H2,1H3. The lowest BCUT2D eigenvalue weighted by Crippen LogP contribution is -2.08. The van der Waals surface area contributed by atoms with Crippen LogP contribution in [0.5, 0.6) is 5.75 Å². The summed E-state index contributed by atoms with van der Waals surface area (Å²) in [7, 11) is 1.67. The van der Waals surface area contributed by atoms with Gasteiger partial charge in [-0.05, 0) is 41.3 Å². The highest BCUT2D eigenvalue weighted by atomic mass is 35.5. The molecule has 3 aromatic carbocycles. The maximum Gasteiger partial charge on any atom is 0.361 e. The molecule has 0 fully saturated rings. The van der Waals surface area contributed by atoms with Crippen LogP contribution in [-0.4, -0.2) is 11.7 Å². The summed E-state index contributed by atoms with van der Waals surface area (Å²) in [6, 6.07) is 23.7. The number of methoxy groups -OCH3 is 1. The minimum Gasteiger partial charge on any atom is -0.496 e. The zero-order valence-electron chi connectivity index (χ0n) is 17.7. The average Bonchev–Trinajstić information content (AvgIpc) is 3.17. The van der Waals surface area contributed by atoms with E-state index in [0.717, 1.165) is 34.1 Å². The number of fused-ring (bicyclic) bond motifs is 3. The molecular weight excluding hydrogens is 422 g/mol. The lowest BCUT2D eigenvalue weighted by molar-refractivity contribution is 0.410. The molecule has 0 aliphatic heterocycles. The second-order valence-corrected chi connectivity index (χ2v) is 8.26. The predicted octanol–water partition coefficient (Wildman–Crippen LogP) is 6.24. The van der Waals surface area contributed by atoms with Gasteiger partial charge in [0.1, 0.15) is 16.8 Å². The number of aromatic nitrogens is 1. The van der Waals surface area contributed by atoms with Crippen molar-refractivity contribution in [3.8, 4) is 5.75 Å². The van der Waals surface area contributed by atoms with Crippen LogP contribution in [0.2, 0.25) is 5.02 Å². The van der Waals surface area contributed by atoms with E-state index < -0.39 is 0 Å². The van der Waals surface area contributed by atoms with Crippen molar-refractivity contribution in [1.82, 2.24) is 4.57 Å². The Kier molecular flexibility index (Phi) is 5.46. The smallest absolute Gasteiger partial charge is 0.361 e. The van der Waals surface area contributed by atoms with Gasteiger partial charge in [0.2, 0.25) is 0 Å². The Labute approximate surface area is 190 Å². The first-order valence-corrected chi connectivity index (χ1v) is 10.9. The molecule has 0 aliphatic rings. The van der Waals surface area contributed by atoms with Crippen LogP contribution >= 0.6 is 11.6 Å². The van der Waals surface area contributed by atoms with E-state index in [1.807, 2.05) is 53.1 Å². The summed E-state index contributed by atoms with van der Waals surface area (Å²) in [6.07, 6.45) is 3.53. The summed E-state index contributed by atoms with van der Waals surface area (Å²) < 4.78 is 13.3. The lowest BCUT2D eigenvalue weighted by Gasteiger charge is -2.08. The second kappa shape index (κ2) is 8.56. The van der Waals surface area contributed by atoms with E-state index in [2.05, 4.69) is 24.4 Å². The number of hydrogen-bond acceptors (Lipinski definition) is 3. The summed E-state index contributed by atoms with van der Waals surface area (Å²) in [4.78, 5) is 13.1. The fourth-order valence-electron chi connectivity index (χ4n) is 4.33. The highest BCUT2D eigenvalue weighted by molar-refractivity contribution is 6.31. The molecule has 0 amide bonds. The molecule has 0 aliphatic carbocycles. The van der Waals surface area contributed by atoms with Gasteiger partial charge in [-0.2, -0.15) is 0 Å². The maximum atomic E-state index is 13.1. The average molecular weight is 444 g/mol. The zero-order chi connectivity index (χ0) is 22.1. The van der Waals surface area contributed by atoms with Gasteiger partial charge in [0.15, 0.2) is 0 Å². The van der Waals surface area contributed by atoms with Crippen molar-refractivity contribution in [1.29, 1.82) is 0 Å². The molecule has 0 saturated carbocycles. The van der Waals surface area contributed by atoms with Crippen LogP contribution in [0.25, 0.3) is 21.9 Å². The Morgan fingerprint density at radius 3 is 2.56 bits per heavy atom. The van der Waals surface area contributed by atoms with E-state index in [9.17, 15) is 4.79 Å². The number of aryl methyl sites for hydroxylation is 2. The van der Waals surface area contributed by atoms with Crippen molar-refractivity contribution in [2.45, 2.75) is 19.4 Å². The summed E-state index contributed by atoms with van der Waals surface area (Å²) in [5.41, 5.74) is 4.06. The molecule has 0 atom stereocenters. The summed E-state index contributed by atoms with van der Waals surface area (Å²) in [5, 5.41) is 2.33. The first kappa shape index (κ1) is 20.4. The number of benzene rings is 3. The normalized spacial score (nSPS) is 11.3. The molecule has 0 unspecified atom stereocenters. The molecule has 2 heterocycles. The SMILES string of the molecule is COc1ccccc1Cc1cn(CCc2ccccc2)c2c(=O)oc3cc(Cl)ccc3c12. The van der Waals surface area contributed by atoms with Crippen molar-refractivity contribution in [3.63, 3.8) is 0 Å². The molecule has 4 nitrogen and oxygen atoms in total. The fourth-order valence-corrected chi connectivity index (χ4v) is 4.49. The topological polar surface area (TPSA) is 44.4 Å². The van der Waals surface area contributed by atoms with Crippen molar-refractivity contribution in [2.75, 3.05) is 7.11 Å². The Balaban J connectivity index is 1.69. The van der Waals surface area contributed by atoms with E-state index in [4.69, 9.17) is 20.8 Å². The van der Waals surface area contributed by atoms with Crippen molar-refractivity contribution >= 4 is 33.5 Å². The minimum absolute atomic E-state index is 0.353. The Bertz CT molecular complexity index is 1470. The van der Waals surface area contributed by atoms with Gasteiger partial charge < -0.3 is 13.7 Å². The van der Waals surface area contributed by atoms with Gasteiger partial charge in [-0.3, -0.25) is 0 Å². The second-order valence-electron chi connectivity index (χ2n) is 7.83. The highest BCUT2D eigenvalue weighted by Crippen LogP contribution is 2.32. The van der Waals surface area contributed by atoms with Crippen LogP contribution in [0.3, 0.4) is 0 Å². The predicted molar refractivity (Wildman–Crippen MR) is 129 cm³/mol. The number of ether oxygens (including phenoxy) is 1. The molecule has 0 spiro atoms. The van der Waals surface area contributed by atoms with Crippen molar-refractivity contribution in [2.24, 2.45) is 0 Å². The van der Waals surface area contributed by atoms with Crippen LogP contribution < -0.4 is 10.4 Å². The molecule has 0 radical (unpaired) electrons. The molecule has 32 heavy (non-hydrogen) atoms. The van der Waals surface area contributed by atoms with Gasteiger partial charge in [0, 0.05) is 41.0 Å². The third-order valence-corrected chi connectivity index (χ3v) is 6.06. The third-order valence-electron chi connectivity index (χ3n) is 5.82. The van der Waals surface area contributed by atoms with Gasteiger partial charge >= 0.3 is 5.63 Å². The van der Waals surface area contributed by atoms with Crippen LogP contribution in [0.15, 0.2) is 88.2 Å². The third kappa shape index (κ3) is 3.78. The summed E-state index contributed by atoms with van der Waals surface area (Å²) >= 11 is 6.17. The molecule has 5 heteroatoms. The van der Waals surface area contributed by atoms with Gasteiger partial charge in [-0.25, -0.2) is 4.79 Å². The van der Waals surface area contributed by atoms with Crippen LogP contribution in [0.4, 0.5) is 0 Å². The molecule has 0 saturated heterocycles. The molecular formula is C27H22ClNO3. The summed E-state index contributed by atoms with van der Waals surface area (Å²) in [5.74, 6) is 0.827. The van der Waals surface area contributed by atoms with E-state index in [1.54, 1.807) is 13.2 Å². The highest BCUT2D eigenvalue weighted by Gasteiger charge is 2.18. The molecule has 2 aromatic heterocycles. The monoisotopic (exact) mass is 443 g/mol. The van der Waals surface area contributed by atoms with Crippen molar-refractivity contribution < 1.29 is 9.15 Å². The van der Waals surface area contributed by atoms with Gasteiger partial charge in [0.05, 0.1) is 7.11 Å². The Morgan fingerprint density at radius 2 is 1.75 bits per heavy atom. The molecule has 160 valence electrons. The van der Waals surface area contributed by atoms with E-state index in [1.165, 1.54) is 5.56 Å². The molecule has 0 bridgehead atoms. The van der Waals surface area contributed by atoms with E-state index in [0.29, 0.717) is 29.1 Å². The maximum absolute atomic E-state index is 13.1. The molecule has 5 rings (SSSR count). The van der Waals surface area contributed by atoms with E-state index in [-0.39, 0.29) is 5.63 Å². The Morgan fingerprint density at radius 1 is 0.969 bits per heavy atom. The summed E-state index contributed by atoms with van der Waals surface area (Å²) in [6.45, 7) is 0.677.